The molecule has 0 aliphatic heterocycles. The number of rotatable bonds is 9. The normalized spacial score (nSPS) is 17.3. The fraction of sp³-hybridized carbons (Fsp3) is 1.00. The van der Waals surface area contributed by atoms with Gasteiger partial charge in [0.05, 0.1) is 6.61 Å². The predicted octanol–water partition coefficient (Wildman–Crippen LogP) is 1.55. The average Bonchev–Trinajstić information content (AvgIpc) is 2.22. The molecule has 1 N–H and O–H groups in total. The maximum atomic E-state index is 11.7. The van der Waals surface area contributed by atoms with Crippen LogP contribution in [0.3, 0.4) is 0 Å². The lowest BCUT2D eigenvalue weighted by molar-refractivity contribution is 0.218. The molecule has 4 heteroatoms. The molecule has 0 heterocycles. The zero-order chi connectivity index (χ0) is 11.7. The Kier molecular flexibility index (Phi) is 9.35. The zero-order valence-electron chi connectivity index (χ0n) is 10.4. The maximum absolute atomic E-state index is 11.7. The van der Waals surface area contributed by atoms with Gasteiger partial charge >= 0.3 is 0 Å². The second kappa shape index (κ2) is 9.31. The minimum absolute atomic E-state index is 0.250. The van der Waals surface area contributed by atoms with Crippen molar-refractivity contribution in [3.8, 4) is 0 Å². The lowest BCUT2D eigenvalue weighted by atomic mass is 10.2. The molecule has 0 aromatic carbocycles. The summed E-state index contributed by atoms with van der Waals surface area (Å²) >= 11 is 0. The Morgan fingerprint density at radius 2 is 2.07 bits per heavy atom. The smallest absolute Gasteiger partial charge is 0.0577 e. The molecule has 3 unspecified atom stereocenters. The van der Waals surface area contributed by atoms with E-state index in [0.29, 0.717) is 18.4 Å². The molecule has 3 atom stereocenters. The number of hydrogen-bond acceptors (Lipinski definition) is 3. The van der Waals surface area contributed by atoms with Crippen LogP contribution in [0.5, 0.6) is 0 Å². The highest BCUT2D eigenvalue weighted by atomic mass is 32.2. The first-order valence-electron chi connectivity index (χ1n) is 5.71. The lowest BCUT2D eigenvalue weighted by Gasteiger charge is -2.17. The largest absolute Gasteiger partial charge is 0.384 e. The van der Waals surface area contributed by atoms with Gasteiger partial charge in [-0.15, -0.1) is 0 Å². The van der Waals surface area contributed by atoms with Crippen LogP contribution in [0.25, 0.3) is 0 Å². The molecule has 92 valence electrons. The van der Waals surface area contributed by atoms with Gasteiger partial charge in [0.1, 0.15) is 0 Å². The van der Waals surface area contributed by atoms with Crippen LogP contribution in [0.4, 0.5) is 0 Å². The van der Waals surface area contributed by atoms with E-state index in [1.807, 2.05) is 0 Å². The third-order valence-corrected chi connectivity index (χ3v) is 4.02. The zero-order valence-corrected chi connectivity index (χ0v) is 11.2. The Hall–Kier alpha value is 0.0700. The molecule has 0 bridgehead atoms. The summed E-state index contributed by atoms with van der Waals surface area (Å²) < 4.78 is 16.6. The molecule has 0 aromatic heterocycles. The standard InChI is InChI=1S/C11H25NO2S/c1-5-6-12-10(2)9-11(3)15(13)8-7-14-4/h10-12H,5-9H2,1-4H3. The first-order chi connectivity index (χ1) is 7.11. The van der Waals surface area contributed by atoms with Crippen molar-refractivity contribution in [2.24, 2.45) is 0 Å². The van der Waals surface area contributed by atoms with Gasteiger partial charge < -0.3 is 10.1 Å². The van der Waals surface area contributed by atoms with Gasteiger partial charge in [0.2, 0.25) is 0 Å². The molecule has 0 aliphatic rings. The van der Waals surface area contributed by atoms with Crippen molar-refractivity contribution in [3.63, 3.8) is 0 Å². The first kappa shape index (κ1) is 15.1. The molecular weight excluding hydrogens is 210 g/mol. The van der Waals surface area contributed by atoms with Crippen molar-refractivity contribution < 1.29 is 8.95 Å². The van der Waals surface area contributed by atoms with Crippen LogP contribution in [-0.4, -0.2) is 41.5 Å². The Morgan fingerprint density at radius 1 is 1.40 bits per heavy atom. The molecule has 0 spiro atoms. The highest BCUT2D eigenvalue weighted by Gasteiger charge is 2.13. The van der Waals surface area contributed by atoms with Crippen molar-refractivity contribution in [3.05, 3.63) is 0 Å². The molecule has 0 rings (SSSR count). The topological polar surface area (TPSA) is 38.3 Å². The van der Waals surface area contributed by atoms with Gasteiger partial charge in [0, 0.05) is 35.0 Å². The van der Waals surface area contributed by atoms with E-state index in [4.69, 9.17) is 4.74 Å². The van der Waals surface area contributed by atoms with Gasteiger partial charge in [-0.05, 0) is 26.3 Å². The van der Waals surface area contributed by atoms with E-state index in [1.54, 1.807) is 7.11 Å². The van der Waals surface area contributed by atoms with E-state index in [-0.39, 0.29) is 5.25 Å². The van der Waals surface area contributed by atoms with Gasteiger partial charge in [-0.2, -0.15) is 0 Å². The first-order valence-corrected chi connectivity index (χ1v) is 7.09. The predicted molar refractivity (Wildman–Crippen MR) is 66.7 cm³/mol. The van der Waals surface area contributed by atoms with Crippen LogP contribution in [-0.2, 0) is 15.5 Å². The molecule has 3 nitrogen and oxygen atoms in total. The Bertz CT molecular complexity index is 176. The summed E-state index contributed by atoms with van der Waals surface area (Å²) in [5, 5.41) is 3.66. The van der Waals surface area contributed by atoms with E-state index >= 15 is 0 Å². The minimum Gasteiger partial charge on any atom is -0.384 e. The van der Waals surface area contributed by atoms with Crippen LogP contribution < -0.4 is 5.32 Å². The van der Waals surface area contributed by atoms with Crippen molar-refractivity contribution in [2.75, 3.05) is 26.0 Å². The number of hydrogen-bond donors (Lipinski definition) is 1. The lowest BCUT2D eigenvalue weighted by Crippen LogP contribution is -2.31. The molecule has 0 radical (unpaired) electrons. The van der Waals surface area contributed by atoms with E-state index in [2.05, 4.69) is 26.1 Å². The fourth-order valence-corrected chi connectivity index (χ4v) is 2.68. The summed E-state index contributed by atoms with van der Waals surface area (Å²) in [6, 6.07) is 0.450. The van der Waals surface area contributed by atoms with Crippen LogP contribution in [0.2, 0.25) is 0 Å². The van der Waals surface area contributed by atoms with E-state index in [9.17, 15) is 4.21 Å². The SMILES string of the molecule is CCCNC(C)CC(C)S(=O)CCOC. The minimum atomic E-state index is -0.756. The molecule has 0 saturated carbocycles. The Balaban J connectivity index is 3.69. The number of ether oxygens (including phenoxy) is 1. The van der Waals surface area contributed by atoms with Gasteiger partial charge in [0.15, 0.2) is 0 Å². The molecule has 15 heavy (non-hydrogen) atoms. The fourth-order valence-electron chi connectivity index (χ4n) is 1.45. The Labute approximate surface area is 96.4 Å². The quantitative estimate of drug-likeness (QED) is 0.659. The summed E-state index contributed by atoms with van der Waals surface area (Å²) in [7, 11) is 0.890. The van der Waals surface area contributed by atoms with E-state index in [1.165, 1.54) is 0 Å². The van der Waals surface area contributed by atoms with Gasteiger partial charge in [0.25, 0.3) is 0 Å². The number of methoxy groups -OCH3 is 1. The highest BCUT2D eigenvalue weighted by Crippen LogP contribution is 2.05. The van der Waals surface area contributed by atoms with E-state index < -0.39 is 10.8 Å². The Morgan fingerprint density at radius 3 is 2.60 bits per heavy atom. The summed E-state index contributed by atoms with van der Waals surface area (Å²) in [4.78, 5) is 0. The van der Waals surface area contributed by atoms with Crippen LogP contribution in [0.1, 0.15) is 33.6 Å². The van der Waals surface area contributed by atoms with Gasteiger partial charge in [-0.1, -0.05) is 13.8 Å². The molecule has 0 aliphatic carbocycles. The summed E-state index contributed by atoms with van der Waals surface area (Å²) in [5.74, 6) is 0.651. The monoisotopic (exact) mass is 235 g/mol. The van der Waals surface area contributed by atoms with Crippen LogP contribution in [0, 0.1) is 0 Å². The molecule has 0 fully saturated rings. The second-order valence-corrected chi connectivity index (χ2v) is 5.95. The van der Waals surface area contributed by atoms with Crippen LogP contribution in [0.15, 0.2) is 0 Å². The third-order valence-electron chi connectivity index (χ3n) is 2.37. The van der Waals surface area contributed by atoms with Gasteiger partial charge in [-0.25, -0.2) is 0 Å². The average molecular weight is 235 g/mol. The van der Waals surface area contributed by atoms with Crippen molar-refractivity contribution in [2.45, 2.75) is 44.9 Å². The molecule has 0 aromatic rings. The van der Waals surface area contributed by atoms with Crippen molar-refractivity contribution >= 4 is 10.8 Å². The summed E-state index contributed by atoms with van der Waals surface area (Å²) in [6.07, 6.45) is 2.11. The second-order valence-electron chi connectivity index (χ2n) is 3.98. The highest BCUT2D eigenvalue weighted by molar-refractivity contribution is 7.85. The number of nitrogens with one attached hydrogen (secondary N) is 1. The summed E-state index contributed by atoms with van der Waals surface area (Å²) in [6.45, 7) is 7.99. The van der Waals surface area contributed by atoms with Gasteiger partial charge in [-0.3, -0.25) is 4.21 Å². The van der Waals surface area contributed by atoms with Crippen molar-refractivity contribution in [1.29, 1.82) is 0 Å². The molecular formula is C11H25NO2S. The molecule has 0 saturated heterocycles. The van der Waals surface area contributed by atoms with Crippen molar-refractivity contribution in [1.82, 2.24) is 5.32 Å². The molecule has 0 amide bonds. The maximum Gasteiger partial charge on any atom is 0.0577 e. The third kappa shape index (κ3) is 7.94. The van der Waals surface area contributed by atoms with E-state index in [0.717, 1.165) is 19.4 Å². The summed E-state index contributed by atoms with van der Waals surface area (Å²) in [5.41, 5.74) is 0. The van der Waals surface area contributed by atoms with Crippen LogP contribution >= 0.6 is 0 Å².